The zero-order valence-corrected chi connectivity index (χ0v) is 14.0. The lowest BCUT2D eigenvalue weighted by Gasteiger charge is -1.98. The molecule has 2 heterocycles. The van der Waals surface area contributed by atoms with Gasteiger partial charge in [-0.3, -0.25) is 9.89 Å². The van der Waals surface area contributed by atoms with Crippen LogP contribution in [0.2, 0.25) is 0 Å². The van der Waals surface area contributed by atoms with Gasteiger partial charge in [0.05, 0.1) is 0 Å². The third-order valence-corrected chi connectivity index (χ3v) is 4.23. The summed E-state index contributed by atoms with van der Waals surface area (Å²) < 4.78 is 6.49. The predicted molar refractivity (Wildman–Crippen MR) is 88.3 cm³/mol. The summed E-state index contributed by atoms with van der Waals surface area (Å²) in [5, 5.41) is 16.5. The van der Waals surface area contributed by atoms with Gasteiger partial charge in [0.1, 0.15) is 6.33 Å². The van der Waals surface area contributed by atoms with Crippen LogP contribution in [0.3, 0.4) is 0 Å². The van der Waals surface area contributed by atoms with Crippen molar-refractivity contribution in [3.05, 3.63) is 64.9 Å². The van der Waals surface area contributed by atoms with Gasteiger partial charge in [-0.2, -0.15) is 5.10 Å². The SMILES string of the molecule is O=C(C=C(O)c1nc[nH]n1)c1ccc(Sc2ccc(Br)cc2)o1. The molecule has 0 bridgehead atoms. The van der Waals surface area contributed by atoms with Gasteiger partial charge in [-0.05, 0) is 36.4 Å². The number of allylic oxidation sites excluding steroid dienone is 1. The lowest BCUT2D eigenvalue weighted by atomic mass is 10.2. The van der Waals surface area contributed by atoms with Crippen molar-refractivity contribution >= 4 is 39.2 Å². The first-order valence-corrected chi connectivity index (χ1v) is 8.07. The minimum absolute atomic E-state index is 0.0503. The van der Waals surface area contributed by atoms with E-state index >= 15 is 0 Å². The van der Waals surface area contributed by atoms with E-state index in [0.29, 0.717) is 5.09 Å². The van der Waals surface area contributed by atoms with E-state index in [1.165, 1.54) is 18.1 Å². The van der Waals surface area contributed by atoms with E-state index in [-0.39, 0.29) is 17.3 Å². The normalized spacial score (nSPS) is 11.6. The number of rotatable bonds is 5. The molecular weight excluding hydrogens is 382 g/mol. The van der Waals surface area contributed by atoms with Crippen LogP contribution in [0, 0.1) is 0 Å². The van der Waals surface area contributed by atoms with Crippen LogP contribution in [0.4, 0.5) is 0 Å². The molecule has 23 heavy (non-hydrogen) atoms. The fraction of sp³-hybridized carbons (Fsp3) is 0. The highest BCUT2D eigenvalue weighted by atomic mass is 79.9. The fourth-order valence-electron chi connectivity index (χ4n) is 1.72. The van der Waals surface area contributed by atoms with Crippen LogP contribution in [0.1, 0.15) is 16.4 Å². The van der Waals surface area contributed by atoms with Crippen molar-refractivity contribution in [3.63, 3.8) is 0 Å². The summed E-state index contributed by atoms with van der Waals surface area (Å²) in [7, 11) is 0. The second-order valence-corrected chi connectivity index (χ2v) is 6.38. The Bertz CT molecular complexity index is 841. The molecular formula is C15H10BrN3O3S. The second kappa shape index (κ2) is 6.84. The van der Waals surface area contributed by atoms with Crippen LogP contribution in [0.25, 0.3) is 5.76 Å². The standard InChI is InChI=1S/C15H10BrN3O3S/c16-9-1-3-10(4-2-9)23-14-6-5-13(22-14)11(20)7-12(21)15-17-8-18-19-15/h1-8,21H,(H,17,18,19). The number of nitrogens with one attached hydrogen (secondary N) is 1. The zero-order chi connectivity index (χ0) is 16.2. The number of aliphatic hydroxyl groups excluding tert-OH is 1. The number of halogens is 1. The molecule has 2 aromatic heterocycles. The van der Waals surface area contributed by atoms with Crippen LogP contribution < -0.4 is 0 Å². The Morgan fingerprint density at radius 3 is 2.74 bits per heavy atom. The van der Waals surface area contributed by atoms with E-state index in [1.807, 2.05) is 24.3 Å². The largest absolute Gasteiger partial charge is 0.504 e. The van der Waals surface area contributed by atoms with Gasteiger partial charge in [0.15, 0.2) is 16.6 Å². The van der Waals surface area contributed by atoms with Crippen molar-refractivity contribution in [2.75, 3.05) is 0 Å². The molecule has 0 aliphatic heterocycles. The number of ketones is 1. The highest BCUT2D eigenvalue weighted by Gasteiger charge is 2.13. The van der Waals surface area contributed by atoms with Crippen LogP contribution >= 0.6 is 27.7 Å². The highest BCUT2D eigenvalue weighted by molar-refractivity contribution is 9.10. The number of nitrogens with zero attached hydrogens (tertiary/aromatic N) is 2. The molecule has 8 heteroatoms. The number of aromatic amines is 1. The van der Waals surface area contributed by atoms with Crippen molar-refractivity contribution in [1.29, 1.82) is 0 Å². The number of aliphatic hydroxyl groups is 1. The predicted octanol–water partition coefficient (Wildman–Crippen LogP) is 4.09. The smallest absolute Gasteiger partial charge is 0.224 e. The summed E-state index contributed by atoms with van der Waals surface area (Å²) in [6, 6.07) is 11.0. The fourth-order valence-corrected chi connectivity index (χ4v) is 2.75. The molecule has 0 amide bonds. The topological polar surface area (TPSA) is 92.0 Å². The molecule has 2 N–H and O–H groups in total. The zero-order valence-electron chi connectivity index (χ0n) is 11.6. The summed E-state index contributed by atoms with van der Waals surface area (Å²) in [6.45, 7) is 0. The summed E-state index contributed by atoms with van der Waals surface area (Å²) in [5.41, 5.74) is 0. The molecule has 0 atom stereocenters. The van der Waals surface area contributed by atoms with Gasteiger partial charge in [0, 0.05) is 15.4 Å². The minimum atomic E-state index is -0.463. The maximum atomic E-state index is 12.0. The number of furan rings is 1. The third kappa shape index (κ3) is 3.91. The number of hydrogen-bond acceptors (Lipinski definition) is 6. The first kappa shape index (κ1) is 15.6. The Morgan fingerprint density at radius 2 is 2.04 bits per heavy atom. The van der Waals surface area contributed by atoms with E-state index in [4.69, 9.17) is 4.42 Å². The van der Waals surface area contributed by atoms with Crippen molar-refractivity contribution < 1.29 is 14.3 Å². The Labute approximate surface area is 143 Å². The van der Waals surface area contributed by atoms with Crippen molar-refractivity contribution in [2.45, 2.75) is 9.99 Å². The monoisotopic (exact) mass is 391 g/mol. The molecule has 0 aliphatic carbocycles. The van der Waals surface area contributed by atoms with Gasteiger partial charge in [-0.15, -0.1) is 0 Å². The first-order valence-electron chi connectivity index (χ1n) is 6.46. The molecule has 0 radical (unpaired) electrons. The number of hydrogen-bond donors (Lipinski definition) is 2. The third-order valence-electron chi connectivity index (χ3n) is 2.77. The molecule has 0 fully saturated rings. The van der Waals surface area contributed by atoms with Gasteiger partial charge in [0.25, 0.3) is 0 Å². The maximum absolute atomic E-state index is 12.0. The molecule has 0 saturated heterocycles. The molecule has 3 rings (SSSR count). The van der Waals surface area contributed by atoms with Gasteiger partial charge < -0.3 is 9.52 Å². The Balaban J connectivity index is 1.72. The lowest BCUT2D eigenvalue weighted by molar-refractivity contribution is 0.101. The molecule has 6 nitrogen and oxygen atoms in total. The van der Waals surface area contributed by atoms with E-state index in [1.54, 1.807) is 12.1 Å². The average molecular weight is 392 g/mol. The summed E-state index contributed by atoms with van der Waals surface area (Å²) in [6.07, 6.45) is 2.33. The summed E-state index contributed by atoms with van der Waals surface area (Å²) in [5.74, 6) is -0.606. The minimum Gasteiger partial charge on any atom is -0.504 e. The Hall–Kier alpha value is -2.32. The van der Waals surface area contributed by atoms with Gasteiger partial charge in [-0.25, -0.2) is 4.98 Å². The Kier molecular flexibility index (Phi) is 4.63. The molecule has 0 unspecified atom stereocenters. The van der Waals surface area contributed by atoms with E-state index in [2.05, 4.69) is 31.1 Å². The first-order chi connectivity index (χ1) is 11.1. The lowest BCUT2D eigenvalue weighted by Crippen LogP contribution is -1.95. The molecule has 0 aliphatic rings. The number of carbonyl (C=O) groups excluding carboxylic acids is 1. The van der Waals surface area contributed by atoms with Crippen LogP contribution in [-0.2, 0) is 0 Å². The summed E-state index contributed by atoms with van der Waals surface area (Å²) >= 11 is 4.77. The number of carbonyl (C=O) groups is 1. The molecule has 116 valence electrons. The van der Waals surface area contributed by atoms with Crippen LogP contribution in [-0.4, -0.2) is 26.1 Å². The Morgan fingerprint density at radius 1 is 1.26 bits per heavy atom. The van der Waals surface area contributed by atoms with Crippen LogP contribution in [0.5, 0.6) is 0 Å². The van der Waals surface area contributed by atoms with Crippen molar-refractivity contribution in [3.8, 4) is 0 Å². The number of benzene rings is 1. The van der Waals surface area contributed by atoms with Crippen LogP contribution in [0.15, 0.2) is 67.7 Å². The highest BCUT2D eigenvalue weighted by Crippen LogP contribution is 2.30. The second-order valence-electron chi connectivity index (χ2n) is 4.39. The summed E-state index contributed by atoms with van der Waals surface area (Å²) in [4.78, 5) is 16.8. The maximum Gasteiger partial charge on any atom is 0.224 e. The van der Waals surface area contributed by atoms with Gasteiger partial charge >= 0.3 is 0 Å². The van der Waals surface area contributed by atoms with E-state index in [0.717, 1.165) is 15.4 Å². The quantitative estimate of drug-likeness (QED) is 0.386. The molecule has 0 spiro atoms. The number of H-pyrrole nitrogens is 1. The van der Waals surface area contributed by atoms with Gasteiger partial charge in [-0.1, -0.05) is 27.7 Å². The van der Waals surface area contributed by atoms with Crippen molar-refractivity contribution in [2.24, 2.45) is 0 Å². The molecule has 0 saturated carbocycles. The van der Waals surface area contributed by atoms with Gasteiger partial charge in [0.2, 0.25) is 11.6 Å². The molecule has 3 aromatic rings. The molecule has 1 aromatic carbocycles. The number of aromatic nitrogens is 3. The van der Waals surface area contributed by atoms with E-state index in [9.17, 15) is 9.90 Å². The average Bonchev–Trinajstić information content (AvgIpc) is 3.21. The van der Waals surface area contributed by atoms with Crippen molar-refractivity contribution in [1.82, 2.24) is 15.2 Å². The van der Waals surface area contributed by atoms with E-state index < -0.39 is 5.78 Å².